The van der Waals surface area contributed by atoms with E-state index in [1.54, 1.807) is 0 Å². The zero-order valence-electron chi connectivity index (χ0n) is 22.0. The lowest BCUT2D eigenvalue weighted by Crippen LogP contribution is -2.23. The van der Waals surface area contributed by atoms with Crippen molar-refractivity contribution < 1.29 is 19.2 Å². The molecule has 0 spiro atoms. The van der Waals surface area contributed by atoms with Crippen LogP contribution in [0.2, 0.25) is 0 Å². The lowest BCUT2D eigenvalue weighted by atomic mass is 10.0. The van der Waals surface area contributed by atoms with Crippen molar-refractivity contribution in [3.05, 3.63) is 71.4 Å². The molecule has 198 valence electrons. The summed E-state index contributed by atoms with van der Waals surface area (Å²) in [5.41, 5.74) is 5.74. The molecular formula is C31H30N4O4. The topological polar surface area (TPSA) is 102 Å². The summed E-state index contributed by atoms with van der Waals surface area (Å²) in [6.45, 7) is 6.35. The van der Waals surface area contributed by atoms with Crippen LogP contribution in [-0.2, 0) is 0 Å². The van der Waals surface area contributed by atoms with Gasteiger partial charge in [0.15, 0.2) is 5.69 Å². The molecule has 1 aromatic carbocycles. The second-order valence-corrected chi connectivity index (χ2v) is 10.8. The first-order valence-corrected chi connectivity index (χ1v) is 13.7. The van der Waals surface area contributed by atoms with Crippen molar-refractivity contribution in [3.8, 4) is 17.0 Å². The number of pyridine rings is 2. The van der Waals surface area contributed by atoms with Gasteiger partial charge in [-0.05, 0) is 74.8 Å². The number of allylic oxidation sites excluding steroid dienone is 1. The molecule has 2 aliphatic carbocycles. The molecule has 0 amide bonds. The third kappa shape index (κ3) is 4.24. The van der Waals surface area contributed by atoms with Gasteiger partial charge in [0.25, 0.3) is 0 Å². The minimum absolute atomic E-state index is 0.00439. The molecule has 3 fully saturated rings. The van der Waals surface area contributed by atoms with Gasteiger partial charge in [-0.25, -0.2) is 9.78 Å². The molecule has 7 rings (SSSR count). The number of carboxylic acids is 1. The molecule has 2 saturated carbocycles. The molecule has 4 heterocycles. The van der Waals surface area contributed by atoms with Crippen molar-refractivity contribution in [3.63, 3.8) is 0 Å². The number of fused-ring (bicyclic) bond motifs is 2. The molecule has 8 nitrogen and oxygen atoms in total. The number of carboxylic acid groups (broad SMARTS) is 1. The molecule has 3 aliphatic rings. The van der Waals surface area contributed by atoms with E-state index in [9.17, 15) is 9.90 Å². The predicted octanol–water partition coefficient (Wildman–Crippen LogP) is 5.96. The number of ether oxygens (including phenoxy) is 1. The third-order valence-electron chi connectivity index (χ3n) is 8.35. The van der Waals surface area contributed by atoms with Crippen LogP contribution in [0.15, 0.2) is 53.2 Å². The molecule has 1 N–H and O–H groups in total. The standard InChI is InChI=1S/C31H30N4O4/c1-3-38-28-14-27(31(36)37)33-26-11-8-19(13-23(26)28)35-15-24-21(25(24)16-35)9-10-22-29(20-5-4-12-32-17(20)2)34-39-30(22)18-6-7-18/h4-5,8-14,18,21,24-25H,3,6-7,15-16H2,1-2H3,(H,36,37)/b10-9+. The van der Waals surface area contributed by atoms with E-state index in [1.807, 2.05) is 38.2 Å². The van der Waals surface area contributed by atoms with Gasteiger partial charge in [-0.3, -0.25) is 4.98 Å². The van der Waals surface area contributed by atoms with Crippen LogP contribution < -0.4 is 9.64 Å². The zero-order valence-corrected chi connectivity index (χ0v) is 22.0. The number of hydrogen-bond donors (Lipinski definition) is 1. The lowest BCUT2D eigenvalue weighted by molar-refractivity contribution is 0.0690. The second kappa shape index (κ2) is 9.22. The van der Waals surface area contributed by atoms with Crippen molar-refractivity contribution in [1.82, 2.24) is 15.1 Å². The molecule has 39 heavy (non-hydrogen) atoms. The maximum Gasteiger partial charge on any atom is 0.354 e. The molecule has 4 aromatic rings. The predicted molar refractivity (Wildman–Crippen MR) is 148 cm³/mol. The number of hydrogen-bond acceptors (Lipinski definition) is 7. The number of aromatic nitrogens is 3. The first kappa shape index (κ1) is 23.9. The van der Waals surface area contributed by atoms with E-state index >= 15 is 0 Å². The average Bonchev–Trinajstić information content (AvgIpc) is 3.80. The van der Waals surface area contributed by atoms with Gasteiger partial charge in [0.2, 0.25) is 0 Å². The number of aromatic carboxylic acids is 1. The van der Waals surface area contributed by atoms with Gasteiger partial charge in [-0.2, -0.15) is 0 Å². The monoisotopic (exact) mass is 522 g/mol. The van der Waals surface area contributed by atoms with E-state index < -0.39 is 5.97 Å². The number of rotatable bonds is 8. The second-order valence-electron chi connectivity index (χ2n) is 10.8. The summed E-state index contributed by atoms with van der Waals surface area (Å²) in [5, 5.41) is 14.7. The number of carbonyl (C=O) groups is 1. The van der Waals surface area contributed by atoms with Crippen molar-refractivity contribution in [2.45, 2.75) is 32.6 Å². The minimum atomic E-state index is -1.06. The van der Waals surface area contributed by atoms with Gasteiger partial charge < -0.3 is 19.3 Å². The zero-order chi connectivity index (χ0) is 26.7. The number of benzene rings is 1. The Morgan fingerprint density at radius 2 is 2.03 bits per heavy atom. The number of aryl methyl sites for hydroxylation is 1. The average molecular weight is 523 g/mol. The fourth-order valence-electron chi connectivity index (χ4n) is 6.08. The summed E-state index contributed by atoms with van der Waals surface area (Å²) >= 11 is 0. The molecule has 1 saturated heterocycles. The molecule has 2 atom stereocenters. The largest absolute Gasteiger partial charge is 0.493 e. The lowest BCUT2D eigenvalue weighted by Gasteiger charge is -2.22. The quantitative estimate of drug-likeness (QED) is 0.302. The Morgan fingerprint density at radius 1 is 1.21 bits per heavy atom. The van der Waals surface area contributed by atoms with Crippen LogP contribution in [0.4, 0.5) is 5.69 Å². The van der Waals surface area contributed by atoms with Crippen LogP contribution in [0.25, 0.3) is 28.2 Å². The van der Waals surface area contributed by atoms with Crippen LogP contribution in [0, 0.1) is 24.7 Å². The molecule has 8 heteroatoms. The third-order valence-corrected chi connectivity index (χ3v) is 8.35. The fourth-order valence-corrected chi connectivity index (χ4v) is 6.08. The fraction of sp³-hybridized carbons (Fsp3) is 0.355. The van der Waals surface area contributed by atoms with Gasteiger partial charge in [0.1, 0.15) is 17.2 Å². The SMILES string of the molecule is CCOc1cc(C(=O)O)nc2ccc(N3CC4C(/C=C/c5c(-c6cccnc6C)noc5C5CC5)C4C3)cc12. The summed E-state index contributed by atoms with van der Waals surface area (Å²) in [4.78, 5) is 22.7. The van der Waals surface area contributed by atoms with Crippen molar-refractivity contribution in [2.24, 2.45) is 17.8 Å². The molecule has 2 unspecified atom stereocenters. The number of piperidine rings is 1. The van der Waals surface area contributed by atoms with E-state index in [4.69, 9.17) is 9.26 Å². The van der Waals surface area contributed by atoms with Gasteiger partial charge >= 0.3 is 5.97 Å². The van der Waals surface area contributed by atoms with Crippen LogP contribution in [0.3, 0.4) is 0 Å². The first-order chi connectivity index (χ1) is 19.0. The van der Waals surface area contributed by atoms with Gasteiger partial charge in [-0.15, -0.1) is 0 Å². The number of anilines is 1. The van der Waals surface area contributed by atoms with Crippen LogP contribution in [0.1, 0.15) is 53.2 Å². The summed E-state index contributed by atoms with van der Waals surface area (Å²) < 4.78 is 11.6. The van der Waals surface area contributed by atoms with Crippen LogP contribution >= 0.6 is 0 Å². The minimum Gasteiger partial charge on any atom is -0.493 e. The van der Waals surface area contributed by atoms with Gasteiger partial charge in [0, 0.05) is 59.2 Å². The highest BCUT2D eigenvalue weighted by Crippen LogP contribution is 2.54. The Kier molecular flexibility index (Phi) is 5.65. The van der Waals surface area contributed by atoms with Crippen molar-refractivity contribution in [1.29, 1.82) is 0 Å². The Balaban J connectivity index is 1.10. The van der Waals surface area contributed by atoms with E-state index in [1.165, 1.54) is 6.07 Å². The van der Waals surface area contributed by atoms with E-state index in [2.05, 4.69) is 44.3 Å². The molecular weight excluding hydrogens is 492 g/mol. The number of nitrogens with zero attached hydrogens (tertiary/aromatic N) is 4. The first-order valence-electron chi connectivity index (χ1n) is 13.7. The molecule has 3 aromatic heterocycles. The Morgan fingerprint density at radius 3 is 2.74 bits per heavy atom. The molecule has 0 radical (unpaired) electrons. The van der Waals surface area contributed by atoms with E-state index in [0.29, 0.717) is 41.5 Å². The van der Waals surface area contributed by atoms with E-state index in [-0.39, 0.29) is 5.69 Å². The Labute approximate surface area is 226 Å². The summed E-state index contributed by atoms with van der Waals surface area (Å²) in [6.07, 6.45) is 8.75. The maximum absolute atomic E-state index is 11.5. The van der Waals surface area contributed by atoms with Crippen LogP contribution in [0.5, 0.6) is 5.75 Å². The summed E-state index contributed by atoms with van der Waals surface area (Å²) in [7, 11) is 0. The molecule has 0 bridgehead atoms. The maximum atomic E-state index is 11.5. The highest BCUT2D eigenvalue weighted by atomic mass is 16.5. The highest BCUT2D eigenvalue weighted by molar-refractivity contribution is 5.94. The van der Waals surface area contributed by atoms with Crippen LogP contribution in [-0.4, -0.2) is 45.9 Å². The normalized spacial score (nSPS) is 22.0. The smallest absolute Gasteiger partial charge is 0.354 e. The summed E-state index contributed by atoms with van der Waals surface area (Å²) in [6, 6.07) is 11.5. The van der Waals surface area contributed by atoms with Crippen molar-refractivity contribution >= 4 is 28.6 Å². The Hall–Kier alpha value is -4.20. The molecule has 1 aliphatic heterocycles. The Bertz CT molecular complexity index is 1610. The summed E-state index contributed by atoms with van der Waals surface area (Å²) in [5.74, 6) is 2.77. The van der Waals surface area contributed by atoms with Gasteiger partial charge in [0.05, 0.1) is 12.1 Å². The van der Waals surface area contributed by atoms with Crippen molar-refractivity contribution in [2.75, 3.05) is 24.6 Å². The van der Waals surface area contributed by atoms with E-state index in [0.717, 1.165) is 65.3 Å². The highest BCUT2D eigenvalue weighted by Gasteiger charge is 2.54. The van der Waals surface area contributed by atoms with Gasteiger partial charge in [-0.1, -0.05) is 17.3 Å².